The summed E-state index contributed by atoms with van der Waals surface area (Å²) in [5.74, 6) is 0.0832. The second-order valence-electron chi connectivity index (χ2n) is 7.04. The predicted molar refractivity (Wildman–Crippen MR) is 119 cm³/mol. The fourth-order valence-corrected chi connectivity index (χ4v) is 3.13. The smallest absolute Gasteiger partial charge is 0.255 e. The Morgan fingerprint density at radius 2 is 1.63 bits per heavy atom. The Morgan fingerprint density at radius 1 is 0.900 bits per heavy atom. The number of anilines is 4. The van der Waals surface area contributed by atoms with Crippen molar-refractivity contribution in [2.75, 3.05) is 16.0 Å². The van der Waals surface area contributed by atoms with Gasteiger partial charge in [-0.05, 0) is 62.2 Å². The number of amides is 2. The maximum Gasteiger partial charge on any atom is 0.255 e. The molecule has 3 N–H and O–H groups in total. The minimum atomic E-state index is -0.241. The van der Waals surface area contributed by atoms with Crippen molar-refractivity contribution in [1.29, 1.82) is 0 Å². The van der Waals surface area contributed by atoms with Crippen LogP contribution in [0.1, 0.15) is 41.2 Å². The van der Waals surface area contributed by atoms with Crippen LogP contribution in [0.2, 0.25) is 0 Å². The quantitative estimate of drug-likeness (QED) is 0.558. The number of nitrogens with zero attached hydrogens (tertiary/aromatic N) is 2. The minimum Gasteiger partial charge on any atom is -0.326 e. The summed E-state index contributed by atoms with van der Waals surface area (Å²) in [5.41, 5.74) is 5.24. The molecule has 154 valence electrons. The van der Waals surface area contributed by atoms with Crippen LogP contribution in [-0.2, 0) is 11.2 Å². The molecule has 3 aromatic rings. The van der Waals surface area contributed by atoms with Gasteiger partial charge in [-0.3, -0.25) is 9.59 Å². The average Bonchev–Trinajstić information content (AvgIpc) is 2.67. The molecule has 0 aliphatic rings. The molecule has 2 amide bonds. The van der Waals surface area contributed by atoms with Gasteiger partial charge in [-0.25, -0.2) is 9.97 Å². The van der Waals surface area contributed by atoms with Crippen molar-refractivity contribution in [3.8, 4) is 0 Å². The van der Waals surface area contributed by atoms with Crippen molar-refractivity contribution in [3.63, 3.8) is 0 Å². The van der Waals surface area contributed by atoms with Crippen LogP contribution < -0.4 is 16.0 Å². The highest BCUT2D eigenvalue weighted by Crippen LogP contribution is 2.23. The molecule has 7 heteroatoms. The highest BCUT2D eigenvalue weighted by atomic mass is 16.2. The average molecular weight is 403 g/mol. The van der Waals surface area contributed by atoms with E-state index in [1.54, 1.807) is 24.3 Å². The molecule has 7 nitrogen and oxygen atoms in total. The molecule has 0 fully saturated rings. The standard InChI is InChI=1S/C23H25N5O2/c1-5-17-9-10-20(26-16(4)29)13-21(17)28-22(30)18-7-6-8-19(12-18)27-23-24-14(2)11-15(3)25-23/h6-13H,5H2,1-4H3,(H,26,29)(H,28,30)(H,24,25,27). The number of rotatable bonds is 6. The van der Waals surface area contributed by atoms with Gasteiger partial charge in [0.1, 0.15) is 0 Å². The maximum absolute atomic E-state index is 12.9. The second-order valence-corrected chi connectivity index (χ2v) is 7.04. The van der Waals surface area contributed by atoms with Gasteiger partial charge in [-0.1, -0.05) is 19.1 Å². The van der Waals surface area contributed by atoms with E-state index in [2.05, 4.69) is 25.9 Å². The normalized spacial score (nSPS) is 10.4. The Morgan fingerprint density at radius 3 is 2.30 bits per heavy atom. The Hall–Kier alpha value is -3.74. The van der Waals surface area contributed by atoms with Crippen molar-refractivity contribution in [3.05, 3.63) is 71.0 Å². The van der Waals surface area contributed by atoms with Crippen molar-refractivity contribution >= 4 is 34.8 Å². The Bertz CT molecular complexity index is 1070. The first-order chi connectivity index (χ1) is 14.3. The lowest BCUT2D eigenvalue weighted by molar-refractivity contribution is -0.114. The van der Waals surface area contributed by atoms with Gasteiger partial charge in [0.05, 0.1) is 0 Å². The topological polar surface area (TPSA) is 96.0 Å². The molecule has 0 unspecified atom stereocenters. The summed E-state index contributed by atoms with van der Waals surface area (Å²) in [4.78, 5) is 32.9. The van der Waals surface area contributed by atoms with E-state index in [-0.39, 0.29) is 11.8 Å². The van der Waals surface area contributed by atoms with Gasteiger partial charge < -0.3 is 16.0 Å². The van der Waals surface area contributed by atoms with Crippen molar-refractivity contribution in [2.24, 2.45) is 0 Å². The van der Waals surface area contributed by atoms with E-state index in [1.807, 2.05) is 45.0 Å². The van der Waals surface area contributed by atoms with Gasteiger partial charge in [0.2, 0.25) is 11.9 Å². The maximum atomic E-state index is 12.9. The predicted octanol–water partition coefficient (Wildman–Crippen LogP) is 4.61. The number of hydrogen-bond donors (Lipinski definition) is 3. The number of hydrogen-bond acceptors (Lipinski definition) is 5. The first-order valence-corrected chi connectivity index (χ1v) is 9.75. The van der Waals surface area contributed by atoms with E-state index in [1.165, 1.54) is 6.92 Å². The Labute approximate surface area is 176 Å². The van der Waals surface area contributed by atoms with Crippen LogP contribution in [0.5, 0.6) is 0 Å². The zero-order valence-electron chi connectivity index (χ0n) is 17.5. The van der Waals surface area contributed by atoms with Crippen molar-refractivity contribution in [2.45, 2.75) is 34.1 Å². The number of nitrogens with one attached hydrogen (secondary N) is 3. The van der Waals surface area contributed by atoms with Crippen molar-refractivity contribution in [1.82, 2.24) is 9.97 Å². The van der Waals surface area contributed by atoms with Crippen LogP contribution in [0.25, 0.3) is 0 Å². The summed E-state index contributed by atoms with van der Waals surface area (Å²) in [6.07, 6.45) is 0.752. The number of aromatic nitrogens is 2. The molecule has 2 aromatic carbocycles. The molecule has 0 saturated carbocycles. The van der Waals surface area contributed by atoms with Crippen LogP contribution in [0.15, 0.2) is 48.5 Å². The molecule has 0 aliphatic carbocycles. The van der Waals surface area contributed by atoms with E-state index in [0.29, 0.717) is 22.9 Å². The first kappa shape index (κ1) is 21.0. The third kappa shape index (κ3) is 5.41. The van der Waals surface area contributed by atoms with Crippen LogP contribution in [0.4, 0.5) is 23.0 Å². The lowest BCUT2D eigenvalue weighted by Crippen LogP contribution is -2.14. The van der Waals surface area contributed by atoms with Gasteiger partial charge in [0, 0.05) is 40.9 Å². The van der Waals surface area contributed by atoms with E-state index < -0.39 is 0 Å². The molecule has 0 saturated heterocycles. The van der Waals surface area contributed by atoms with Crippen LogP contribution in [0, 0.1) is 13.8 Å². The van der Waals surface area contributed by atoms with Crippen LogP contribution in [0.3, 0.4) is 0 Å². The lowest BCUT2D eigenvalue weighted by atomic mass is 10.1. The Balaban J connectivity index is 1.81. The zero-order chi connectivity index (χ0) is 21.7. The van der Waals surface area contributed by atoms with Gasteiger partial charge in [-0.15, -0.1) is 0 Å². The summed E-state index contributed by atoms with van der Waals surface area (Å²) < 4.78 is 0. The summed E-state index contributed by atoms with van der Waals surface area (Å²) >= 11 is 0. The fraction of sp³-hybridized carbons (Fsp3) is 0.217. The van der Waals surface area contributed by atoms with Gasteiger partial charge >= 0.3 is 0 Å². The van der Waals surface area contributed by atoms with Crippen LogP contribution >= 0.6 is 0 Å². The van der Waals surface area contributed by atoms with Gasteiger partial charge in [0.25, 0.3) is 5.91 Å². The summed E-state index contributed by atoms with van der Waals surface area (Å²) in [7, 11) is 0. The molecule has 3 rings (SSSR count). The number of benzene rings is 2. The molecule has 0 aliphatic heterocycles. The van der Waals surface area contributed by atoms with Gasteiger partial charge in [-0.2, -0.15) is 0 Å². The highest BCUT2D eigenvalue weighted by Gasteiger charge is 2.11. The van der Waals surface area contributed by atoms with E-state index in [0.717, 1.165) is 29.1 Å². The molecule has 0 atom stereocenters. The fourth-order valence-electron chi connectivity index (χ4n) is 3.13. The summed E-state index contributed by atoms with van der Waals surface area (Å²) in [6.45, 7) is 7.27. The summed E-state index contributed by atoms with van der Waals surface area (Å²) in [6, 6.07) is 14.5. The first-order valence-electron chi connectivity index (χ1n) is 9.75. The SMILES string of the molecule is CCc1ccc(NC(C)=O)cc1NC(=O)c1cccc(Nc2nc(C)cc(C)n2)c1. The number of carbonyl (C=O) groups is 2. The zero-order valence-corrected chi connectivity index (χ0v) is 17.5. The summed E-state index contributed by atoms with van der Waals surface area (Å²) in [5, 5.41) is 8.84. The van der Waals surface area contributed by atoms with E-state index in [4.69, 9.17) is 0 Å². The molecule has 30 heavy (non-hydrogen) atoms. The third-order valence-corrected chi connectivity index (χ3v) is 4.42. The Kier molecular flexibility index (Phi) is 6.41. The van der Waals surface area contributed by atoms with Crippen LogP contribution in [-0.4, -0.2) is 21.8 Å². The number of carbonyl (C=O) groups excluding carboxylic acids is 2. The third-order valence-electron chi connectivity index (χ3n) is 4.42. The highest BCUT2D eigenvalue weighted by molar-refractivity contribution is 6.05. The van der Waals surface area contributed by atoms with Gasteiger partial charge in [0.15, 0.2) is 0 Å². The molecule has 0 bridgehead atoms. The van der Waals surface area contributed by atoms with Crippen molar-refractivity contribution < 1.29 is 9.59 Å². The molecule has 0 spiro atoms. The molecular formula is C23H25N5O2. The minimum absolute atomic E-state index is 0.163. The lowest BCUT2D eigenvalue weighted by Gasteiger charge is -2.13. The van der Waals surface area contributed by atoms with E-state index >= 15 is 0 Å². The molecule has 0 radical (unpaired) electrons. The number of aryl methyl sites for hydroxylation is 3. The van der Waals surface area contributed by atoms with E-state index in [9.17, 15) is 9.59 Å². The molecular weight excluding hydrogens is 378 g/mol. The molecule has 1 aromatic heterocycles. The monoisotopic (exact) mass is 403 g/mol. The molecule has 1 heterocycles. The largest absolute Gasteiger partial charge is 0.326 e. The second kappa shape index (κ2) is 9.17.